The molecule has 3 aromatic carbocycles. The summed E-state index contributed by atoms with van der Waals surface area (Å²) in [6.45, 7) is 2.84. The van der Waals surface area contributed by atoms with E-state index in [4.69, 9.17) is 9.84 Å². The number of carbonyl (C=O) groups excluding carboxylic acids is 1. The maximum Gasteiger partial charge on any atom is 0.335 e. The molecule has 188 valence electrons. The van der Waals surface area contributed by atoms with Crippen molar-refractivity contribution in [3.63, 3.8) is 0 Å². The van der Waals surface area contributed by atoms with Crippen LogP contribution in [0.4, 0.5) is 5.69 Å². The lowest BCUT2D eigenvalue weighted by Gasteiger charge is -2.37. The van der Waals surface area contributed by atoms with Gasteiger partial charge in [0.05, 0.1) is 12.1 Å². The van der Waals surface area contributed by atoms with Gasteiger partial charge < -0.3 is 20.1 Å². The fourth-order valence-electron chi connectivity index (χ4n) is 4.58. The molecule has 0 radical (unpaired) electrons. The van der Waals surface area contributed by atoms with Crippen LogP contribution in [0.1, 0.15) is 35.2 Å². The van der Waals surface area contributed by atoms with Gasteiger partial charge in [-0.2, -0.15) is 0 Å². The smallest absolute Gasteiger partial charge is 0.335 e. The highest BCUT2D eigenvalue weighted by atomic mass is 16.5. The molecule has 36 heavy (non-hydrogen) atoms. The van der Waals surface area contributed by atoms with Crippen molar-refractivity contribution in [1.82, 2.24) is 9.80 Å². The van der Waals surface area contributed by atoms with E-state index >= 15 is 0 Å². The lowest BCUT2D eigenvalue weighted by Crippen LogP contribution is -2.48. The van der Waals surface area contributed by atoms with Crippen LogP contribution < -0.4 is 10.1 Å². The van der Waals surface area contributed by atoms with E-state index in [2.05, 4.69) is 22.2 Å². The number of piperidine rings is 1. The molecule has 4 rings (SSSR count). The van der Waals surface area contributed by atoms with Gasteiger partial charge >= 0.3 is 5.97 Å². The third-order valence-corrected chi connectivity index (χ3v) is 6.39. The van der Waals surface area contributed by atoms with Gasteiger partial charge in [0.15, 0.2) is 0 Å². The Labute approximate surface area is 212 Å². The average Bonchev–Trinajstić information content (AvgIpc) is 2.87. The Hall–Kier alpha value is -3.68. The molecule has 0 saturated carbocycles. The van der Waals surface area contributed by atoms with Crippen molar-refractivity contribution < 1.29 is 19.4 Å². The Morgan fingerprint density at radius 2 is 1.67 bits per heavy atom. The van der Waals surface area contributed by atoms with Gasteiger partial charge in [-0.3, -0.25) is 9.69 Å². The first-order valence-electron chi connectivity index (χ1n) is 12.3. The number of benzene rings is 3. The standard InChI is InChI=1S/C29H33N3O4/c1-31(19-22-10-12-23(13-11-22)29(34)35)20-25-7-5-6-18-32(25)21-28(33)30-24-14-16-27(17-15-24)36-26-8-3-2-4-9-26/h2-4,8-17,25H,5-7,18-21H2,1H3,(H,30,33)(H,34,35)/t25-/m1/s1. The van der Waals surface area contributed by atoms with E-state index in [-0.39, 0.29) is 5.91 Å². The summed E-state index contributed by atoms with van der Waals surface area (Å²) in [4.78, 5) is 28.4. The van der Waals surface area contributed by atoms with Crippen LogP contribution in [0.2, 0.25) is 0 Å². The van der Waals surface area contributed by atoms with Crippen molar-refractivity contribution >= 4 is 17.6 Å². The maximum atomic E-state index is 12.8. The minimum Gasteiger partial charge on any atom is -0.478 e. The van der Waals surface area contributed by atoms with Crippen molar-refractivity contribution in [3.05, 3.63) is 90.0 Å². The predicted molar refractivity (Wildman–Crippen MR) is 141 cm³/mol. The largest absolute Gasteiger partial charge is 0.478 e. The summed E-state index contributed by atoms with van der Waals surface area (Å²) in [5.74, 6) is 0.552. The number of aromatic carboxylic acids is 1. The molecule has 1 aliphatic rings. The zero-order valence-electron chi connectivity index (χ0n) is 20.6. The summed E-state index contributed by atoms with van der Waals surface area (Å²) in [6, 6.07) is 24.3. The second kappa shape index (κ2) is 12.3. The number of hydrogen-bond acceptors (Lipinski definition) is 5. The Morgan fingerprint density at radius 3 is 2.36 bits per heavy atom. The Morgan fingerprint density at radius 1 is 0.972 bits per heavy atom. The van der Waals surface area contributed by atoms with Gasteiger partial charge in [0.1, 0.15) is 11.5 Å². The van der Waals surface area contributed by atoms with Crippen molar-refractivity contribution in [2.45, 2.75) is 31.8 Å². The number of rotatable bonds is 10. The quantitative estimate of drug-likeness (QED) is 0.414. The average molecular weight is 488 g/mol. The van der Waals surface area contributed by atoms with Crippen LogP contribution in [0.5, 0.6) is 11.5 Å². The van der Waals surface area contributed by atoms with Gasteiger partial charge in [0.2, 0.25) is 5.91 Å². The summed E-state index contributed by atoms with van der Waals surface area (Å²) in [5, 5.41) is 12.1. The van der Waals surface area contributed by atoms with Crippen LogP contribution in [-0.2, 0) is 11.3 Å². The monoisotopic (exact) mass is 487 g/mol. The molecular formula is C29H33N3O4. The van der Waals surface area contributed by atoms with E-state index in [0.717, 1.165) is 61.6 Å². The highest BCUT2D eigenvalue weighted by Gasteiger charge is 2.25. The molecule has 7 heteroatoms. The number of carboxylic acids is 1. The second-order valence-electron chi connectivity index (χ2n) is 9.31. The Bertz CT molecular complexity index is 1130. The molecule has 1 heterocycles. The summed E-state index contributed by atoms with van der Waals surface area (Å²) in [5.41, 5.74) is 2.11. The molecule has 1 saturated heterocycles. The first kappa shape index (κ1) is 25.4. The van der Waals surface area contributed by atoms with E-state index in [9.17, 15) is 9.59 Å². The molecule has 2 N–H and O–H groups in total. The molecule has 0 spiro atoms. The van der Waals surface area contributed by atoms with Crippen LogP contribution >= 0.6 is 0 Å². The van der Waals surface area contributed by atoms with Gasteiger partial charge in [-0.15, -0.1) is 0 Å². The molecule has 3 aromatic rings. The summed E-state index contributed by atoms with van der Waals surface area (Å²) >= 11 is 0. The number of nitrogens with one attached hydrogen (secondary N) is 1. The lowest BCUT2D eigenvalue weighted by molar-refractivity contribution is -0.118. The Kier molecular flexibility index (Phi) is 8.71. The third kappa shape index (κ3) is 7.41. The van der Waals surface area contributed by atoms with Crippen LogP contribution in [0, 0.1) is 0 Å². The van der Waals surface area contributed by atoms with Gasteiger partial charge in [-0.05, 0) is 80.5 Å². The van der Waals surface area contributed by atoms with Crippen molar-refractivity contribution in [2.24, 2.45) is 0 Å². The first-order chi connectivity index (χ1) is 17.5. The van der Waals surface area contributed by atoms with E-state index in [0.29, 0.717) is 18.2 Å². The van der Waals surface area contributed by atoms with E-state index in [1.807, 2.05) is 66.7 Å². The van der Waals surface area contributed by atoms with Gasteiger partial charge in [0.25, 0.3) is 0 Å². The van der Waals surface area contributed by atoms with Crippen LogP contribution in [-0.4, -0.2) is 59.5 Å². The fraction of sp³-hybridized carbons (Fsp3) is 0.310. The molecular weight excluding hydrogens is 454 g/mol. The van der Waals surface area contributed by atoms with Crippen molar-refractivity contribution in [3.8, 4) is 11.5 Å². The van der Waals surface area contributed by atoms with Crippen molar-refractivity contribution in [1.29, 1.82) is 0 Å². The number of likely N-dealkylation sites (tertiary alicyclic amines) is 1. The lowest BCUT2D eigenvalue weighted by atomic mass is 10.0. The molecule has 1 atom stereocenters. The van der Waals surface area contributed by atoms with Crippen LogP contribution in [0.15, 0.2) is 78.9 Å². The maximum absolute atomic E-state index is 12.8. The normalized spacial score (nSPS) is 16.0. The summed E-state index contributed by atoms with van der Waals surface area (Å²) in [6.07, 6.45) is 3.31. The number of para-hydroxylation sites is 1. The number of nitrogens with zero attached hydrogens (tertiary/aromatic N) is 2. The fourth-order valence-corrected chi connectivity index (χ4v) is 4.58. The number of anilines is 1. The number of ether oxygens (including phenoxy) is 1. The molecule has 0 unspecified atom stereocenters. The molecule has 1 fully saturated rings. The predicted octanol–water partition coefficient (Wildman–Crippen LogP) is 5.10. The molecule has 0 bridgehead atoms. The number of amides is 1. The summed E-state index contributed by atoms with van der Waals surface area (Å²) in [7, 11) is 2.07. The highest BCUT2D eigenvalue weighted by Crippen LogP contribution is 2.23. The molecule has 1 amide bonds. The molecule has 0 aliphatic carbocycles. The van der Waals surface area contributed by atoms with Gasteiger partial charge in [-0.25, -0.2) is 4.79 Å². The highest BCUT2D eigenvalue weighted by molar-refractivity contribution is 5.92. The SMILES string of the molecule is CN(Cc1ccc(C(=O)O)cc1)C[C@H]1CCCCN1CC(=O)Nc1ccc(Oc2ccccc2)cc1. The Balaban J connectivity index is 1.27. The third-order valence-electron chi connectivity index (χ3n) is 6.39. The van der Waals surface area contributed by atoms with E-state index < -0.39 is 5.97 Å². The van der Waals surface area contributed by atoms with E-state index in [1.54, 1.807) is 12.1 Å². The van der Waals surface area contributed by atoms with Crippen molar-refractivity contribution in [2.75, 3.05) is 32.0 Å². The number of carboxylic acid groups (broad SMARTS) is 1. The summed E-state index contributed by atoms with van der Waals surface area (Å²) < 4.78 is 5.82. The number of likely N-dealkylation sites (N-methyl/N-ethyl adjacent to an activating group) is 1. The van der Waals surface area contributed by atoms with Crippen LogP contribution in [0.25, 0.3) is 0 Å². The van der Waals surface area contributed by atoms with Gasteiger partial charge in [-0.1, -0.05) is 36.8 Å². The van der Waals surface area contributed by atoms with E-state index in [1.165, 1.54) is 0 Å². The number of hydrogen-bond donors (Lipinski definition) is 2. The molecule has 0 aromatic heterocycles. The number of carbonyl (C=O) groups is 2. The minimum absolute atomic E-state index is 0.0226. The molecule has 1 aliphatic heterocycles. The van der Waals surface area contributed by atoms with Gasteiger partial charge in [0, 0.05) is 24.8 Å². The zero-order chi connectivity index (χ0) is 25.3. The minimum atomic E-state index is -0.914. The zero-order valence-corrected chi connectivity index (χ0v) is 20.6. The first-order valence-corrected chi connectivity index (χ1v) is 12.3. The topological polar surface area (TPSA) is 82.1 Å². The van der Waals surface area contributed by atoms with Crippen LogP contribution in [0.3, 0.4) is 0 Å². The second-order valence-corrected chi connectivity index (χ2v) is 9.31. The molecule has 7 nitrogen and oxygen atoms in total.